The summed E-state index contributed by atoms with van der Waals surface area (Å²) in [7, 11) is 0.783. The van der Waals surface area contributed by atoms with E-state index in [9.17, 15) is 17.6 Å². The van der Waals surface area contributed by atoms with Crippen LogP contribution < -0.4 is 13.8 Å². The molecule has 0 radical (unpaired) electrons. The van der Waals surface area contributed by atoms with Crippen LogP contribution in [0.3, 0.4) is 0 Å². The van der Waals surface area contributed by atoms with Crippen LogP contribution in [0.4, 0.5) is 10.1 Å². The summed E-state index contributed by atoms with van der Waals surface area (Å²) in [4.78, 5) is 14.0. The number of ether oxygens (including phenoxy) is 2. The van der Waals surface area contributed by atoms with E-state index in [0.717, 1.165) is 22.2 Å². The maximum atomic E-state index is 13.4. The molecule has 7 nitrogen and oxygen atoms in total. The third kappa shape index (κ3) is 5.74. The van der Waals surface area contributed by atoms with Gasteiger partial charge in [-0.15, -0.1) is 0 Å². The number of hydrogen-bond donors (Lipinski definition) is 0. The summed E-state index contributed by atoms with van der Waals surface area (Å²) in [6.45, 7) is -0.231. The molecule has 2 rings (SSSR count). The third-order valence-electron chi connectivity index (χ3n) is 4.16. The number of rotatable bonds is 8. The molecular formula is C19H22ClFN2O5S. The minimum atomic E-state index is -3.80. The predicted molar refractivity (Wildman–Crippen MR) is 110 cm³/mol. The molecule has 0 fully saturated rings. The summed E-state index contributed by atoms with van der Waals surface area (Å²) < 4.78 is 49.1. The van der Waals surface area contributed by atoms with Crippen LogP contribution in [-0.2, 0) is 21.4 Å². The third-order valence-corrected chi connectivity index (χ3v) is 5.59. The number of likely N-dealkylation sites (N-methyl/N-ethyl adjacent to an activating group) is 1. The lowest BCUT2D eigenvalue weighted by Gasteiger charge is -2.25. The lowest BCUT2D eigenvalue weighted by Crippen LogP contribution is -2.41. The molecule has 2 aromatic rings. The van der Waals surface area contributed by atoms with Gasteiger partial charge >= 0.3 is 0 Å². The molecule has 0 heterocycles. The van der Waals surface area contributed by atoms with E-state index in [1.54, 1.807) is 25.2 Å². The van der Waals surface area contributed by atoms with Crippen LogP contribution in [-0.4, -0.2) is 53.3 Å². The minimum absolute atomic E-state index is 0.103. The summed E-state index contributed by atoms with van der Waals surface area (Å²) in [6.07, 6.45) is 0.964. The highest BCUT2D eigenvalue weighted by Crippen LogP contribution is 2.28. The minimum Gasteiger partial charge on any atom is -0.493 e. The SMILES string of the molecule is COc1ccc(CN(C)C(=O)CN(c2ccc(F)c(Cl)c2)S(C)(=O)=O)cc1OC. The Bertz CT molecular complexity index is 1000. The van der Waals surface area contributed by atoms with Crippen molar-refractivity contribution in [2.75, 3.05) is 38.4 Å². The lowest BCUT2D eigenvalue weighted by atomic mass is 10.2. The standard InChI is InChI=1S/C19H22ClFN2O5S/c1-22(11-13-5-8-17(27-2)18(9-13)28-3)19(24)12-23(29(4,25)26)14-6-7-16(21)15(20)10-14/h5-10H,11-12H2,1-4H3. The Kier molecular flexibility index (Phi) is 7.32. The van der Waals surface area contributed by atoms with E-state index >= 15 is 0 Å². The molecule has 2 aromatic carbocycles. The van der Waals surface area contributed by atoms with E-state index in [1.165, 1.54) is 31.3 Å². The Balaban J connectivity index is 2.20. The fraction of sp³-hybridized carbons (Fsp3) is 0.316. The maximum Gasteiger partial charge on any atom is 0.243 e. The number of methoxy groups -OCH3 is 2. The normalized spacial score (nSPS) is 11.1. The zero-order valence-corrected chi connectivity index (χ0v) is 18.1. The molecule has 0 saturated carbocycles. The Morgan fingerprint density at radius 3 is 2.31 bits per heavy atom. The van der Waals surface area contributed by atoms with Gasteiger partial charge in [0.15, 0.2) is 11.5 Å². The van der Waals surface area contributed by atoms with E-state index in [4.69, 9.17) is 21.1 Å². The van der Waals surface area contributed by atoms with Gasteiger partial charge in [-0.3, -0.25) is 9.10 Å². The highest BCUT2D eigenvalue weighted by Gasteiger charge is 2.23. The molecule has 0 aliphatic carbocycles. The number of carbonyl (C=O) groups is 1. The fourth-order valence-electron chi connectivity index (χ4n) is 2.62. The number of hydrogen-bond acceptors (Lipinski definition) is 5. The highest BCUT2D eigenvalue weighted by molar-refractivity contribution is 7.92. The van der Waals surface area contributed by atoms with Gasteiger partial charge in [0, 0.05) is 13.6 Å². The second-order valence-corrected chi connectivity index (χ2v) is 8.62. The Hall–Kier alpha value is -2.52. The summed E-state index contributed by atoms with van der Waals surface area (Å²) in [6, 6.07) is 8.70. The molecule has 0 aliphatic heterocycles. The van der Waals surface area contributed by atoms with Crippen molar-refractivity contribution in [3.63, 3.8) is 0 Å². The van der Waals surface area contributed by atoms with Gasteiger partial charge in [0.25, 0.3) is 0 Å². The second-order valence-electron chi connectivity index (χ2n) is 6.31. The first kappa shape index (κ1) is 22.8. The van der Waals surface area contributed by atoms with E-state index in [2.05, 4.69) is 0 Å². The number of nitrogens with zero attached hydrogens (tertiary/aromatic N) is 2. The molecule has 0 unspecified atom stereocenters. The number of amides is 1. The molecule has 0 saturated heterocycles. The average molecular weight is 445 g/mol. The first-order chi connectivity index (χ1) is 13.6. The van der Waals surface area contributed by atoms with Crippen LogP contribution in [0.1, 0.15) is 5.56 Å². The molecule has 0 aromatic heterocycles. The number of sulfonamides is 1. The predicted octanol–water partition coefficient (Wildman–Crippen LogP) is 2.92. The van der Waals surface area contributed by atoms with Crippen LogP contribution in [0.5, 0.6) is 11.5 Å². The van der Waals surface area contributed by atoms with Crippen LogP contribution in [0.2, 0.25) is 5.02 Å². The number of halogens is 2. The molecule has 0 bridgehead atoms. The van der Waals surface area contributed by atoms with Gasteiger partial charge in [0.2, 0.25) is 15.9 Å². The van der Waals surface area contributed by atoms with Gasteiger partial charge in [-0.2, -0.15) is 0 Å². The van der Waals surface area contributed by atoms with Crippen molar-refractivity contribution in [3.8, 4) is 11.5 Å². The maximum absolute atomic E-state index is 13.4. The van der Waals surface area contributed by atoms with Gasteiger partial charge in [-0.25, -0.2) is 12.8 Å². The van der Waals surface area contributed by atoms with Gasteiger partial charge in [0.1, 0.15) is 12.4 Å². The molecule has 29 heavy (non-hydrogen) atoms. The molecule has 1 amide bonds. The summed E-state index contributed by atoms with van der Waals surface area (Å²) in [5.41, 5.74) is 0.876. The van der Waals surface area contributed by atoms with Gasteiger partial charge < -0.3 is 14.4 Å². The largest absolute Gasteiger partial charge is 0.493 e. The van der Waals surface area contributed by atoms with Crippen LogP contribution >= 0.6 is 11.6 Å². The van der Waals surface area contributed by atoms with Crippen LogP contribution in [0.15, 0.2) is 36.4 Å². The van der Waals surface area contributed by atoms with Gasteiger partial charge in [0.05, 0.1) is 31.2 Å². The smallest absolute Gasteiger partial charge is 0.243 e. The van der Waals surface area contributed by atoms with Gasteiger partial charge in [-0.05, 0) is 35.9 Å². The molecule has 0 N–H and O–H groups in total. The zero-order chi connectivity index (χ0) is 21.8. The van der Waals surface area contributed by atoms with Crippen molar-refractivity contribution in [3.05, 3.63) is 52.8 Å². The van der Waals surface area contributed by atoms with Gasteiger partial charge in [-0.1, -0.05) is 17.7 Å². The average Bonchev–Trinajstić information content (AvgIpc) is 2.67. The monoisotopic (exact) mass is 444 g/mol. The lowest BCUT2D eigenvalue weighted by molar-refractivity contribution is -0.128. The zero-order valence-electron chi connectivity index (χ0n) is 16.5. The second kappa shape index (κ2) is 9.32. The topological polar surface area (TPSA) is 76.2 Å². The Morgan fingerprint density at radius 1 is 1.10 bits per heavy atom. The van der Waals surface area contributed by atoms with Crippen molar-refractivity contribution in [1.82, 2.24) is 4.90 Å². The first-order valence-corrected chi connectivity index (χ1v) is 10.7. The van der Waals surface area contributed by atoms with E-state index in [1.807, 2.05) is 0 Å². The van der Waals surface area contributed by atoms with Crippen molar-refractivity contribution in [1.29, 1.82) is 0 Å². The molecule has 0 spiro atoms. The molecular weight excluding hydrogens is 423 g/mol. The molecule has 10 heteroatoms. The summed E-state index contributed by atoms with van der Waals surface area (Å²) >= 11 is 5.75. The fourth-order valence-corrected chi connectivity index (χ4v) is 3.64. The van der Waals surface area contributed by atoms with Crippen molar-refractivity contribution < 1.29 is 27.1 Å². The van der Waals surface area contributed by atoms with Crippen LogP contribution in [0, 0.1) is 5.82 Å². The summed E-state index contributed by atoms with van der Waals surface area (Å²) in [5.74, 6) is -0.0577. The van der Waals surface area contributed by atoms with Crippen molar-refractivity contribution >= 4 is 33.2 Å². The van der Waals surface area contributed by atoms with E-state index < -0.39 is 28.3 Å². The number of anilines is 1. The Morgan fingerprint density at radius 2 is 1.76 bits per heavy atom. The Labute approximate surface area is 174 Å². The number of benzene rings is 2. The van der Waals surface area contributed by atoms with Crippen molar-refractivity contribution in [2.24, 2.45) is 0 Å². The molecule has 0 aliphatic rings. The first-order valence-electron chi connectivity index (χ1n) is 8.44. The van der Waals surface area contributed by atoms with E-state index in [-0.39, 0.29) is 17.3 Å². The number of carbonyl (C=O) groups excluding carboxylic acids is 1. The molecule has 0 atom stereocenters. The van der Waals surface area contributed by atoms with E-state index in [0.29, 0.717) is 11.5 Å². The van der Waals surface area contributed by atoms with Crippen molar-refractivity contribution in [2.45, 2.75) is 6.54 Å². The van der Waals surface area contributed by atoms with Crippen LogP contribution in [0.25, 0.3) is 0 Å². The summed E-state index contributed by atoms with van der Waals surface area (Å²) in [5, 5.41) is -0.234. The molecule has 158 valence electrons. The quantitative estimate of drug-likeness (QED) is 0.625. The highest BCUT2D eigenvalue weighted by atomic mass is 35.5.